The summed E-state index contributed by atoms with van der Waals surface area (Å²) in [4.78, 5) is 0. The fraction of sp³-hybridized carbons (Fsp3) is 0.375. The standard InChI is InChI=1S/C16H20N6O/c1-3-4-5-14(12-6-8-13(23-2)9-7-12)17-15-10-11-16-18-20-21-22(16)19-15/h6-11,14H,3-5H2,1-2H3,(H,17,19)/t14-/m0/s1. The Kier molecular flexibility index (Phi) is 4.65. The predicted octanol–water partition coefficient (Wildman–Crippen LogP) is 2.87. The second-order valence-corrected chi connectivity index (χ2v) is 5.36. The SMILES string of the molecule is CCCC[C@H](Nc1ccc2nnnn2n1)c1ccc(OC)cc1. The molecule has 0 aliphatic carbocycles. The highest BCUT2D eigenvalue weighted by molar-refractivity contribution is 5.44. The second-order valence-electron chi connectivity index (χ2n) is 5.36. The maximum atomic E-state index is 5.23. The molecule has 1 aromatic carbocycles. The fourth-order valence-electron chi connectivity index (χ4n) is 2.47. The van der Waals surface area contributed by atoms with Crippen LogP contribution < -0.4 is 10.1 Å². The number of methoxy groups -OCH3 is 1. The number of rotatable bonds is 7. The number of tetrazole rings is 1. The molecule has 0 amide bonds. The van der Waals surface area contributed by atoms with Crippen molar-refractivity contribution >= 4 is 11.5 Å². The Hall–Kier alpha value is -2.70. The minimum absolute atomic E-state index is 0.183. The molecule has 0 saturated heterocycles. The van der Waals surface area contributed by atoms with E-state index in [-0.39, 0.29) is 6.04 Å². The third kappa shape index (κ3) is 3.56. The third-order valence-electron chi connectivity index (χ3n) is 3.76. The molecule has 2 heterocycles. The highest BCUT2D eigenvalue weighted by Gasteiger charge is 2.12. The number of nitrogens with one attached hydrogen (secondary N) is 1. The van der Waals surface area contributed by atoms with Crippen LogP contribution >= 0.6 is 0 Å². The lowest BCUT2D eigenvalue weighted by Crippen LogP contribution is -2.13. The van der Waals surface area contributed by atoms with Crippen LogP contribution in [-0.2, 0) is 0 Å². The van der Waals surface area contributed by atoms with E-state index in [0.29, 0.717) is 5.65 Å². The summed E-state index contributed by atoms with van der Waals surface area (Å²) in [5.74, 6) is 1.61. The van der Waals surface area contributed by atoms with Crippen LogP contribution in [0.1, 0.15) is 37.8 Å². The quantitative estimate of drug-likeness (QED) is 0.723. The summed E-state index contributed by atoms with van der Waals surface area (Å²) in [6.07, 6.45) is 3.31. The largest absolute Gasteiger partial charge is 0.497 e. The summed E-state index contributed by atoms with van der Waals surface area (Å²) in [5.41, 5.74) is 1.84. The summed E-state index contributed by atoms with van der Waals surface area (Å²) >= 11 is 0. The highest BCUT2D eigenvalue weighted by Crippen LogP contribution is 2.25. The van der Waals surface area contributed by atoms with Crippen LogP contribution in [0.2, 0.25) is 0 Å². The molecular weight excluding hydrogens is 292 g/mol. The van der Waals surface area contributed by atoms with E-state index in [2.05, 4.69) is 45.0 Å². The van der Waals surface area contributed by atoms with Crippen LogP contribution in [0.15, 0.2) is 36.4 Å². The molecule has 0 saturated carbocycles. The van der Waals surface area contributed by atoms with Gasteiger partial charge in [-0.3, -0.25) is 0 Å². The summed E-state index contributed by atoms with van der Waals surface area (Å²) < 4.78 is 6.65. The molecule has 2 aromatic heterocycles. The summed E-state index contributed by atoms with van der Waals surface area (Å²) in [5, 5.41) is 19.2. The van der Waals surface area contributed by atoms with Crippen LogP contribution in [0.25, 0.3) is 5.65 Å². The van der Waals surface area contributed by atoms with Gasteiger partial charge in [0, 0.05) is 0 Å². The first-order valence-corrected chi connectivity index (χ1v) is 7.76. The summed E-state index contributed by atoms with van der Waals surface area (Å²) in [7, 11) is 1.67. The number of unbranched alkanes of at least 4 members (excludes halogenated alkanes) is 1. The van der Waals surface area contributed by atoms with Crippen molar-refractivity contribution in [1.29, 1.82) is 0 Å². The van der Waals surface area contributed by atoms with E-state index in [1.165, 1.54) is 10.2 Å². The van der Waals surface area contributed by atoms with E-state index < -0.39 is 0 Å². The van der Waals surface area contributed by atoms with Gasteiger partial charge in [0.05, 0.1) is 13.2 Å². The van der Waals surface area contributed by atoms with Crippen molar-refractivity contribution in [2.75, 3.05) is 12.4 Å². The van der Waals surface area contributed by atoms with E-state index in [4.69, 9.17) is 4.74 Å². The molecule has 0 fully saturated rings. The zero-order valence-corrected chi connectivity index (χ0v) is 13.3. The van der Waals surface area contributed by atoms with Crippen molar-refractivity contribution in [3.8, 4) is 5.75 Å². The number of benzene rings is 1. The number of aromatic nitrogens is 5. The normalized spacial score (nSPS) is 12.3. The van der Waals surface area contributed by atoms with Gasteiger partial charge >= 0.3 is 0 Å². The van der Waals surface area contributed by atoms with Gasteiger partial charge in [0.2, 0.25) is 0 Å². The van der Waals surface area contributed by atoms with Crippen LogP contribution in [0.3, 0.4) is 0 Å². The number of hydrogen-bond acceptors (Lipinski definition) is 6. The first-order chi connectivity index (χ1) is 11.3. The average molecular weight is 312 g/mol. The van der Waals surface area contributed by atoms with Crippen molar-refractivity contribution in [3.05, 3.63) is 42.0 Å². The third-order valence-corrected chi connectivity index (χ3v) is 3.76. The van der Waals surface area contributed by atoms with Gasteiger partial charge in [-0.2, -0.15) is 0 Å². The number of hydrogen-bond donors (Lipinski definition) is 1. The molecule has 3 rings (SSSR count). The van der Waals surface area contributed by atoms with Crippen molar-refractivity contribution in [2.24, 2.45) is 0 Å². The Morgan fingerprint density at radius 1 is 1.17 bits per heavy atom. The fourth-order valence-corrected chi connectivity index (χ4v) is 2.47. The van der Waals surface area contributed by atoms with Crippen LogP contribution in [0.4, 0.5) is 5.82 Å². The molecule has 0 bridgehead atoms. The minimum Gasteiger partial charge on any atom is -0.497 e. The molecule has 1 atom stereocenters. The average Bonchev–Trinajstić information content (AvgIpc) is 3.06. The van der Waals surface area contributed by atoms with Gasteiger partial charge in [0.25, 0.3) is 0 Å². The molecule has 0 aliphatic rings. The van der Waals surface area contributed by atoms with Crippen LogP contribution in [-0.4, -0.2) is 32.4 Å². The molecule has 0 radical (unpaired) electrons. The number of fused-ring (bicyclic) bond motifs is 1. The second kappa shape index (κ2) is 7.04. The predicted molar refractivity (Wildman–Crippen MR) is 87.5 cm³/mol. The van der Waals surface area contributed by atoms with Gasteiger partial charge in [-0.15, -0.1) is 14.8 Å². The highest BCUT2D eigenvalue weighted by atomic mass is 16.5. The Morgan fingerprint density at radius 3 is 2.74 bits per heavy atom. The molecule has 120 valence electrons. The molecular formula is C16H20N6O. The maximum Gasteiger partial charge on any atom is 0.200 e. The van der Waals surface area contributed by atoms with Crippen molar-refractivity contribution in [2.45, 2.75) is 32.2 Å². The topological polar surface area (TPSA) is 77.2 Å². The molecule has 0 aliphatic heterocycles. The lowest BCUT2D eigenvalue weighted by molar-refractivity contribution is 0.414. The van der Waals surface area contributed by atoms with Crippen molar-refractivity contribution in [1.82, 2.24) is 25.3 Å². The van der Waals surface area contributed by atoms with Crippen LogP contribution in [0, 0.1) is 0 Å². The molecule has 7 nitrogen and oxygen atoms in total. The van der Waals surface area contributed by atoms with E-state index in [1.807, 2.05) is 24.3 Å². The van der Waals surface area contributed by atoms with E-state index in [1.54, 1.807) is 7.11 Å². The summed E-state index contributed by atoms with van der Waals surface area (Å²) in [6, 6.07) is 12.1. The number of anilines is 1. The molecule has 23 heavy (non-hydrogen) atoms. The van der Waals surface area contributed by atoms with E-state index in [0.717, 1.165) is 30.8 Å². The Morgan fingerprint density at radius 2 is 2.00 bits per heavy atom. The van der Waals surface area contributed by atoms with E-state index in [9.17, 15) is 0 Å². The first kappa shape index (κ1) is 15.2. The maximum absolute atomic E-state index is 5.23. The van der Waals surface area contributed by atoms with Gasteiger partial charge < -0.3 is 10.1 Å². The lowest BCUT2D eigenvalue weighted by atomic mass is 10.0. The molecule has 0 unspecified atom stereocenters. The van der Waals surface area contributed by atoms with Gasteiger partial charge in [0.15, 0.2) is 5.65 Å². The summed E-state index contributed by atoms with van der Waals surface area (Å²) in [6.45, 7) is 2.19. The van der Waals surface area contributed by atoms with Gasteiger partial charge in [-0.25, -0.2) is 0 Å². The van der Waals surface area contributed by atoms with Crippen molar-refractivity contribution in [3.63, 3.8) is 0 Å². The first-order valence-electron chi connectivity index (χ1n) is 7.76. The lowest BCUT2D eigenvalue weighted by Gasteiger charge is -2.19. The zero-order valence-electron chi connectivity index (χ0n) is 13.3. The zero-order chi connectivity index (χ0) is 16.1. The minimum atomic E-state index is 0.183. The Balaban J connectivity index is 1.82. The number of nitrogens with zero attached hydrogens (tertiary/aromatic N) is 5. The molecule has 7 heteroatoms. The van der Waals surface area contributed by atoms with Gasteiger partial charge in [0.1, 0.15) is 11.6 Å². The Labute approximate surface area is 134 Å². The molecule has 0 spiro atoms. The van der Waals surface area contributed by atoms with Crippen LogP contribution in [0.5, 0.6) is 5.75 Å². The number of ether oxygens (including phenoxy) is 1. The Bertz CT molecular complexity index is 755. The van der Waals surface area contributed by atoms with Gasteiger partial charge in [-0.05, 0) is 46.7 Å². The van der Waals surface area contributed by atoms with Gasteiger partial charge in [-0.1, -0.05) is 31.9 Å². The van der Waals surface area contributed by atoms with E-state index >= 15 is 0 Å². The van der Waals surface area contributed by atoms with Crippen molar-refractivity contribution < 1.29 is 4.74 Å². The smallest absolute Gasteiger partial charge is 0.200 e. The molecule has 3 aromatic rings. The monoisotopic (exact) mass is 312 g/mol. The molecule has 1 N–H and O–H groups in total.